The largest absolute Gasteiger partial charge is 0.477 e. The quantitative estimate of drug-likeness (QED) is 0.336. The van der Waals surface area contributed by atoms with Crippen LogP contribution in [0.2, 0.25) is 0 Å². The van der Waals surface area contributed by atoms with Crippen LogP contribution in [-0.2, 0) is 25.4 Å². The highest BCUT2D eigenvalue weighted by atomic mass is 16.5. The summed E-state index contributed by atoms with van der Waals surface area (Å²) in [5.41, 5.74) is 4.85. The fourth-order valence-corrected chi connectivity index (χ4v) is 4.91. The number of aryl methyl sites for hydroxylation is 2. The Kier molecular flexibility index (Phi) is 7.40. The van der Waals surface area contributed by atoms with E-state index in [0.717, 1.165) is 53.5 Å². The van der Waals surface area contributed by atoms with Crippen LogP contribution in [0.4, 0.5) is 0 Å². The summed E-state index contributed by atoms with van der Waals surface area (Å²) in [6.07, 6.45) is 11.2. The van der Waals surface area contributed by atoms with Crippen molar-refractivity contribution in [3.8, 4) is 35.2 Å². The average Bonchev–Trinajstić information content (AvgIpc) is 3.57. The lowest BCUT2D eigenvalue weighted by atomic mass is 10.1. The molecule has 0 aliphatic carbocycles. The molecule has 1 N–H and O–H groups in total. The van der Waals surface area contributed by atoms with Gasteiger partial charge in [0.25, 0.3) is 0 Å². The molecule has 5 rings (SSSR count). The number of terminal acetylenes is 1. The first-order valence-electron chi connectivity index (χ1n) is 13.0. The Morgan fingerprint density at radius 3 is 2.76 bits per heavy atom. The van der Waals surface area contributed by atoms with Crippen LogP contribution in [0, 0.1) is 19.3 Å². The van der Waals surface area contributed by atoms with Gasteiger partial charge in [0.05, 0.1) is 36.2 Å². The van der Waals surface area contributed by atoms with Crippen molar-refractivity contribution < 1.29 is 19.3 Å². The van der Waals surface area contributed by atoms with Gasteiger partial charge in [-0.3, -0.25) is 0 Å². The van der Waals surface area contributed by atoms with Gasteiger partial charge in [0.15, 0.2) is 6.23 Å². The van der Waals surface area contributed by atoms with E-state index in [-0.39, 0.29) is 18.9 Å². The molecule has 10 nitrogen and oxygen atoms in total. The van der Waals surface area contributed by atoms with Crippen molar-refractivity contribution in [3.63, 3.8) is 0 Å². The van der Waals surface area contributed by atoms with E-state index in [4.69, 9.17) is 20.6 Å². The molecule has 1 aliphatic heterocycles. The number of hydrogen-bond acceptors (Lipinski definition) is 7. The van der Waals surface area contributed by atoms with Crippen molar-refractivity contribution in [1.82, 2.24) is 29.3 Å². The van der Waals surface area contributed by atoms with Gasteiger partial charge in [0.1, 0.15) is 11.8 Å². The number of aromatic nitrogens is 6. The van der Waals surface area contributed by atoms with Gasteiger partial charge in [-0.15, -0.1) is 6.42 Å². The molecule has 2 atom stereocenters. The minimum atomic E-state index is -0.133. The van der Waals surface area contributed by atoms with Crippen LogP contribution >= 0.6 is 0 Å². The van der Waals surface area contributed by atoms with Gasteiger partial charge in [0.2, 0.25) is 11.8 Å². The van der Waals surface area contributed by atoms with Crippen molar-refractivity contribution in [2.75, 3.05) is 13.2 Å². The molecular weight excluding hydrogens is 484 g/mol. The lowest BCUT2D eigenvalue weighted by Gasteiger charge is -2.23. The zero-order valence-corrected chi connectivity index (χ0v) is 22.3. The molecular formula is C28H34N6O4. The number of aliphatic hydroxyl groups excluding tert-OH is 1. The molecule has 1 aromatic carbocycles. The molecule has 1 saturated heterocycles. The van der Waals surface area contributed by atoms with E-state index >= 15 is 0 Å². The van der Waals surface area contributed by atoms with Crippen LogP contribution < -0.4 is 9.47 Å². The summed E-state index contributed by atoms with van der Waals surface area (Å²) < 4.78 is 23.6. The average molecular weight is 519 g/mol. The van der Waals surface area contributed by atoms with Crippen LogP contribution in [0.1, 0.15) is 55.8 Å². The zero-order chi connectivity index (χ0) is 26.8. The van der Waals surface area contributed by atoms with E-state index in [0.29, 0.717) is 36.2 Å². The summed E-state index contributed by atoms with van der Waals surface area (Å²) in [5.74, 6) is 4.06. The Morgan fingerprint density at radius 1 is 1.21 bits per heavy atom. The first-order valence-corrected chi connectivity index (χ1v) is 13.0. The molecule has 0 radical (unpaired) electrons. The third kappa shape index (κ3) is 4.87. The van der Waals surface area contributed by atoms with E-state index in [1.807, 2.05) is 37.7 Å². The fraction of sp³-hybridized carbons (Fsp3) is 0.464. The maximum Gasteiger partial charge on any atom is 0.219 e. The van der Waals surface area contributed by atoms with Gasteiger partial charge in [-0.05, 0) is 56.7 Å². The molecule has 0 saturated carbocycles. The first-order chi connectivity index (χ1) is 18.4. The summed E-state index contributed by atoms with van der Waals surface area (Å²) in [4.78, 5) is 0. The summed E-state index contributed by atoms with van der Waals surface area (Å²) in [5, 5.41) is 23.8. The van der Waals surface area contributed by atoms with E-state index in [2.05, 4.69) is 27.3 Å². The molecule has 0 amide bonds. The van der Waals surface area contributed by atoms with E-state index in [1.54, 1.807) is 22.6 Å². The van der Waals surface area contributed by atoms with Gasteiger partial charge in [-0.2, -0.15) is 15.3 Å². The molecule has 4 heterocycles. The fourth-order valence-electron chi connectivity index (χ4n) is 4.91. The summed E-state index contributed by atoms with van der Waals surface area (Å²) in [7, 11) is 3.67. The highest BCUT2D eigenvalue weighted by Gasteiger charge is 2.22. The minimum Gasteiger partial charge on any atom is -0.477 e. The Hall–Kier alpha value is -3.81. The third-order valence-corrected chi connectivity index (χ3v) is 7.01. The van der Waals surface area contributed by atoms with Gasteiger partial charge < -0.3 is 19.3 Å². The first kappa shape index (κ1) is 25.8. The second-order valence-corrected chi connectivity index (χ2v) is 9.70. The molecule has 2 unspecified atom stereocenters. The number of fused-ring (bicyclic) bond motifs is 1. The zero-order valence-electron chi connectivity index (χ0n) is 22.3. The maximum atomic E-state index is 9.43. The van der Waals surface area contributed by atoms with Crippen molar-refractivity contribution in [1.29, 1.82) is 0 Å². The number of hydrogen-bond donors (Lipinski definition) is 1. The molecule has 1 fully saturated rings. The molecule has 0 spiro atoms. The van der Waals surface area contributed by atoms with Crippen LogP contribution in [0.3, 0.4) is 0 Å². The Balaban J connectivity index is 1.33. The molecule has 3 aromatic heterocycles. The van der Waals surface area contributed by atoms with Crippen LogP contribution in [0.25, 0.3) is 22.0 Å². The monoisotopic (exact) mass is 518 g/mol. The minimum absolute atomic E-state index is 0.0927. The van der Waals surface area contributed by atoms with Crippen LogP contribution in [0.15, 0.2) is 24.4 Å². The Labute approximate surface area is 222 Å². The molecule has 4 aromatic rings. The molecule has 38 heavy (non-hydrogen) atoms. The summed E-state index contributed by atoms with van der Waals surface area (Å²) in [6, 6.07) is 6.14. The highest BCUT2D eigenvalue weighted by molar-refractivity contribution is 5.89. The smallest absolute Gasteiger partial charge is 0.219 e. The predicted octanol–water partition coefficient (Wildman–Crippen LogP) is 3.89. The van der Waals surface area contributed by atoms with Crippen LogP contribution in [-0.4, -0.2) is 53.8 Å². The topological polar surface area (TPSA) is 101 Å². The van der Waals surface area contributed by atoms with Crippen molar-refractivity contribution in [3.05, 3.63) is 41.3 Å². The van der Waals surface area contributed by atoms with Gasteiger partial charge in [-0.25, -0.2) is 14.0 Å². The Bertz CT molecular complexity index is 1470. The molecule has 0 bridgehead atoms. The van der Waals surface area contributed by atoms with E-state index in [1.165, 1.54) is 0 Å². The second-order valence-electron chi connectivity index (χ2n) is 9.70. The third-order valence-electron chi connectivity index (χ3n) is 7.01. The standard InChI is InChI=1S/C28H34N6O4/c1-6-23-21-15-20(10-11-25(21)34(31-23)26-9-7-8-13-36-26)22-16-29-32(4)28(22)38-18(2)12-14-37-27-19(3)24(17-35)30-33(27)5/h1,10-11,15-16,18,26,35H,7-9,12-14,17H2,2-5H3. The predicted molar refractivity (Wildman–Crippen MR) is 143 cm³/mol. The number of aliphatic hydroxyl groups is 1. The molecule has 200 valence electrons. The normalized spacial score (nSPS) is 16.5. The summed E-state index contributed by atoms with van der Waals surface area (Å²) in [6.45, 7) is 4.96. The number of ether oxygens (including phenoxy) is 3. The highest BCUT2D eigenvalue weighted by Crippen LogP contribution is 2.35. The second kappa shape index (κ2) is 10.9. The number of benzene rings is 1. The molecule has 10 heteroatoms. The van der Waals surface area contributed by atoms with Gasteiger partial charge in [0, 0.05) is 38.1 Å². The van der Waals surface area contributed by atoms with E-state index in [9.17, 15) is 5.11 Å². The molecule has 1 aliphatic rings. The number of nitrogens with zero attached hydrogens (tertiary/aromatic N) is 6. The van der Waals surface area contributed by atoms with Gasteiger partial charge >= 0.3 is 0 Å². The van der Waals surface area contributed by atoms with E-state index < -0.39 is 0 Å². The lowest BCUT2D eigenvalue weighted by molar-refractivity contribution is -0.0367. The maximum absolute atomic E-state index is 9.43. The van der Waals surface area contributed by atoms with Crippen molar-refractivity contribution in [2.45, 2.75) is 58.5 Å². The van der Waals surface area contributed by atoms with Crippen molar-refractivity contribution in [2.24, 2.45) is 14.1 Å². The SMILES string of the molecule is C#Cc1nn(C2CCCCO2)c2ccc(-c3cnn(C)c3OC(C)CCOc3c(C)c(CO)nn3C)cc12. The lowest BCUT2D eigenvalue weighted by Crippen LogP contribution is -2.19. The van der Waals surface area contributed by atoms with Crippen LogP contribution in [0.5, 0.6) is 11.8 Å². The Morgan fingerprint density at radius 2 is 2.05 bits per heavy atom. The van der Waals surface area contributed by atoms with Crippen molar-refractivity contribution >= 4 is 10.9 Å². The number of rotatable bonds is 9. The summed E-state index contributed by atoms with van der Waals surface area (Å²) >= 11 is 0. The van der Waals surface area contributed by atoms with Gasteiger partial charge in [-0.1, -0.05) is 6.07 Å².